The monoisotopic (exact) mass is 854 g/mol. The SMILES string of the molecule is c1ccc(N(c2ccc(-c3ccc(-c4ccc(-n5c6ccccc6c6ccccc65)cc4)cc3)cc2)c2ccc(-c3cccc4oc5ccccc5c34)cc2)c(-c2cccc3ccccc23)c1. The van der Waals surface area contributed by atoms with E-state index in [4.69, 9.17) is 4.42 Å². The summed E-state index contributed by atoms with van der Waals surface area (Å²) in [6.07, 6.45) is 0. The van der Waals surface area contributed by atoms with Gasteiger partial charge in [-0.2, -0.15) is 0 Å². The summed E-state index contributed by atoms with van der Waals surface area (Å²) in [6.45, 7) is 0. The second kappa shape index (κ2) is 16.0. The highest BCUT2D eigenvalue weighted by Crippen LogP contribution is 2.44. The molecule has 0 aliphatic rings. The number of anilines is 3. The maximum atomic E-state index is 6.27. The van der Waals surface area contributed by atoms with Crippen molar-refractivity contribution in [1.29, 1.82) is 0 Å². The topological polar surface area (TPSA) is 21.3 Å². The predicted octanol–water partition coefficient (Wildman–Crippen LogP) is 18.0. The van der Waals surface area contributed by atoms with Crippen molar-refractivity contribution < 1.29 is 4.42 Å². The minimum absolute atomic E-state index is 0.897. The molecule has 0 aliphatic carbocycles. The highest BCUT2D eigenvalue weighted by Gasteiger charge is 2.20. The molecule has 314 valence electrons. The fourth-order valence-corrected chi connectivity index (χ4v) is 10.3. The van der Waals surface area contributed by atoms with Gasteiger partial charge in [-0.3, -0.25) is 0 Å². The van der Waals surface area contributed by atoms with Crippen molar-refractivity contribution >= 4 is 71.6 Å². The third-order valence-corrected chi connectivity index (χ3v) is 13.4. The number of benzene rings is 11. The first kappa shape index (κ1) is 38.5. The van der Waals surface area contributed by atoms with Crippen LogP contribution in [0.15, 0.2) is 259 Å². The molecule has 3 heteroatoms. The summed E-state index contributed by atoms with van der Waals surface area (Å²) in [6, 6.07) is 91.9. The Kier molecular flexibility index (Phi) is 9.17. The number of rotatable bonds is 8. The van der Waals surface area contributed by atoms with E-state index in [9.17, 15) is 0 Å². The van der Waals surface area contributed by atoms with Crippen molar-refractivity contribution in [3.63, 3.8) is 0 Å². The molecule has 11 aromatic carbocycles. The lowest BCUT2D eigenvalue weighted by molar-refractivity contribution is 0.669. The number of aromatic nitrogens is 1. The summed E-state index contributed by atoms with van der Waals surface area (Å²) in [4.78, 5) is 2.39. The van der Waals surface area contributed by atoms with Gasteiger partial charge in [0.15, 0.2) is 0 Å². The zero-order chi connectivity index (χ0) is 44.3. The number of nitrogens with zero attached hydrogens (tertiary/aromatic N) is 2. The van der Waals surface area contributed by atoms with Crippen LogP contribution >= 0.6 is 0 Å². The molecule has 0 saturated heterocycles. The van der Waals surface area contributed by atoms with Gasteiger partial charge in [-0.05, 0) is 116 Å². The molecule has 2 aromatic heterocycles. The minimum atomic E-state index is 0.897. The second-order valence-electron chi connectivity index (χ2n) is 17.2. The summed E-state index contributed by atoms with van der Waals surface area (Å²) in [5.74, 6) is 0. The van der Waals surface area contributed by atoms with Gasteiger partial charge in [-0.15, -0.1) is 0 Å². The first-order chi connectivity index (χ1) is 33.2. The summed E-state index contributed by atoms with van der Waals surface area (Å²) in [5.41, 5.74) is 18.0. The predicted molar refractivity (Wildman–Crippen MR) is 282 cm³/mol. The van der Waals surface area contributed by atoms with Crippen molar-refractivity contribution in [1.82, 2.24) is 4.57 Å². The van der Waals surface area contributed by atoms with Gasteiger partial charge in [0, 0.05) is 44.2 Å². The molecule has 3 nitrogen and oxygen atoms in total. The van der Waals surface area contributed by atoms with Gasteiger partial charge in [0.2, 0.25) is 0 Å². The Morgan fingerprint density at radius 1 is 0.299 bits per heavy atom. The van der Waals surface area contributed by atoms with E-state index in [1.165, 1.54) is 60.4 Å². The van der Waals surface area contributed by atoms with E-state index in [0.29, 0.717) is 0 Å². The lowest BCUT2D eigenvalue weighted by atomic mass is 9.95. The van der Waals surface area contributed by atoms with Gasteiger partial charge in [0.05, 0.1) is 16.7 Å². The molecule has 0 saturated carbocycles. The smallest absolute Gasteiger partial charge is 0.136 e. The Balaban J connectivity index is 0.850. The van der Waals surface area contributed by atoms with Crippen molar-refractivity contribution in [2.45, 2.75) is 0 Å². The molecule has 0 atom stereocenters. The zero-order valence-electron chi connectivity index (χ0n) is 36.6. The molecule has 2 heterocycles. The average Bonchev–Trinajstić information content (AvgIpc) is 3.96. The van der Waals surface area contributed by atoms with E-state index < -0.39 is 0 Å². The van der Waals surface area contributed by atoms with Gasteiger partial charge in [0.1, 0.15) is 11.2 Å². The Bertz CT molecular complexity index is 3890. The summed E-state index contributed by atoms with van der Waals surface area (Å²) in [7, 11) is 0. The summed E-state index contributed by atoms with van der Waals surface area (Å²) >= 11 is 0. The normalized spacial score (nSPS) is 11.6. The maximum absolute atomic E-state index is 6.27. The van der Waals surface area contributed by atoms with Crippen molar-refractivity contribution in [2.75, 3.05) is 4.90 Å². The molecular weight excluding hydrogens is 813 g/mol. The molecular formula is C64H42N2O. The van der Waals surface area contributed by atoms with Crippen LogP contribution < -0.4 is 4.90 Å². The molecule has 13 rings (SSSR count). The van der Waals surface area contributed by atoms with Crippen LogP contribution in [0.4, 0.5) is 17.1 Å². The van der Waals surface area contributed by atoms with E-state index in [1.54, 1.807) is 0 Å². The van der Waals surface area contributed by atoms with Crippen molar-refractivity contribution in [3.05, 3.63) is 255 Å². The Labute approximate surface area is 388 Å². The molecule has 67 heavy (non-hydrogen) atoms. The highest BCUT2D eigenvalue weighted by atomic mass is 16.3. The standard InChI is InChI=1S/C64H42N2O/c1-2-15-52-47(13-1)14-11-21-54(52)55-16-3-7-22-59(55)65(50-41-35-48(36-42-50)53-20-12-26-63-64(53)58-19-6-10-25-62(58)67-63)49-37-31-45(32-38-49)43-27-29-44(30-28-43)46-33-39-51(40-34-46)66-60-23-8-4-17-56(60)57-18-5-9-24-61(57)66/h1-42H. The second-order valence-corrected chi connectivity index (χ2v) is 17.2. The molecule has 0 spiro atoms. The van der Waals surface area contributed by atoms with E-state index in [-0.39, 0.29) is 0 Å². The number of hydrogen-bond donors (Lipinski definition) is 0. The summed E-state index contributed by atoms with van der Waals surface area (Å²) < 4.78 is 8.64. The quantitative estimate of drug-likeness (QED) is 0.152. The van der Waals surface area contributed by atoms with Crippen molar-refractivity contribution in [3.8, 4) is 50.2 Å². The number of hydrogen-bond acceptors (Lipinski definition) is 2. The molecule has 0 unspecified atom stereocenters. The number of fused-ring (bicyclic) bond motifs is 7. The first-order valence-corrected chi connectivity index (χ1v) is 22.9. The number of furan rings is 1. The van der Waals surface area contributed by atoms with Gasteiger partial charge in [0.25, 0.3) is 0 Å². The van der Waals surface area contributed by atoms with Gasteiger partial charge in [-0.25, -0.2) is 0 Å². The van der Waals surface area contributed by atoms with Crippen LogP contribution in [0.1, 0.15) is 0 Å². The van der Waals surface area contributed by atoms with Gasteiger partial charge >= 0.3 is 0 Å². The lowest BCUT2D eigenvalue weighted by Gasteiger charge is -2.28. The van der Waals surface area contributed by atoms with Crippen LogP contribution in [-0.4, -0.2) is 4.57 Å². The van der Waals surface area contributed by atoms with Crippen molar-refractivity contribution in [2.24, 2.45) is 0 Å². The van der Waals surface area contributed by atoms with Crippen LogP contribution in [0, 0.1) is 0 Å². The first-order valence-electron chi connectivity index (χ1n) is 22.9. The fourth-order valence-electron chi connectivity index (χ4n) is 10.3. The Hall–Kier alpha value is -8.92. The lowest BCUT2D eigenvalue weighted by Crippen LogP contribution is -2.11. The largest absolute Gasteiger partial charge is 0.456 e. The third kappa shape index (κ3) is 6.59. The molecule has 0 fully saturated rings. The van der Waals surface area contributed by atoms with Crippen LogP contribution in [-0.2, 0) is 0 Å². The summed E-state index contributed by atoms with van der Waals surface area (Å²) in [5, 5.41) is 7.26. The Morgan fingerprint density at radius 3 is 1.42 bits per heavy atom. The fraction of sp³-hybridized carbons (Fsp3) is 0. The van der Waals surface area contributed by atoms with Crippen LogP contribution in [0.5, 0.6) is 0 Å². The average molecular weight is 855 g/mol. The maximum Gasteiger partial charge on any atom is 0.136 e. The van der Waals surface area contributed by atoms with Crippen LogP contribution in [0.3, 0.4) is 0 Å². The van der Waals surface area contributed by atoms with Gasteiger partial charge in [-0.1, -0.05) is 188 Å². The molecule has 13 aromatic rings. The zero-order valence-corrected chi connectivity index (χ0v) is 36.6. The molecule has 0 bridgehead atoms. The molecule has 0 aliphatic heterocycles. The number of para-hydroxylation sites is 4. The van der Waals surface area contributed by atoms with E-state index in [1.807, 2.05) is 12.1 Å². The molecule has 0 radical (unpaired) electrons. The van der Waals surface area contributed by atoms with Gasteiger partial charge < -0.3 is 13.9 Å². The van der Waals surface area contributed by atoms with Crippen LogP contribution in [0.25, 0.3) is 105 Å². The van der Waals surface area contributed by atoms with Crippen LogP contribution in [0.2, 0.25) is 0 Å². The van der Waals surface area contributed by atoms with E-state index in [0.717, 1.165) is 61.4 Å². The van der Waals surface area contributed by atoms with E-state index >= 15 is 0 Å². The molecule has 0 amide bonds. The Morgan fingerprint density at radius 2 is 0.746 bits per heavy atom. The van der Waals surface area contributed by atoms with E-state index in [2.05, 4.69) is 252 Å². The third-order valence-electron chi connectivity index (χ3n) is 13.4. The minimum Gasteiger partial charge on any atom is -0.456 e. The molecule has 0 N–H and O–H groups in total. The highest BCUT2D eigenvalue weighted by molar-refractivity contribution is 6.13.